The number of hydrogen-bond donors (Lipinski definition) is 2. The summed E-state index contributed by atoms with van der Waals surface area (Å²) in [6, 6.07) is 0. The van der Waals surface area contributed by atoms with Gasteiger partial charge < -0.3 is 10.4 Å². The van der Waals surface area contributed by atoms with Crippen LogP contribution in [0.3, 0.4) is 0 Å². The lowest BCUT2D eigenvalue weighted by atomic mass is 9.94. The Morgan fingerprint density at radius 2 is 1.76 bits per heavy atom. The first-order valence-corrected chi connectivity index (χ1v) is 5.49. The van der Waals surface area contributed by atoms with Crippen molar-refractivity contribution in [2.24, 2.45) is 0 Å². The Kier molecular flexibility index (Phi) is 6.17. The Bertz CT molecular complexity index is 320. The van der Waals surface area contributed by atoms with Gasteiger partial charge in [-0.15, -0.1) is 0 Å². The van der Waals surface area contributed by atoms with Crippen LogP contribution in [0.1, 0.15) is 39.5 Å². The van der Waals surface area contributed by atoms with Crippen LogP contribution in [0.15, 0.2) is 12.7 Å². The second-order valence-corrected chi connectivity index (χ2v) is 4.34. The molecule has 0 aliphatic carbocycles. The molecule has 0 aliphatic rings. The van der Waals surface area contributed by atoms with Crippen LogP contribution in [0, 0.1) is 0 Å². The zero-order valence-electron chi connectivity index (χ0n) is 10.3. The number of nitrogens with one attached hydrogen (secondary N) is 1. The molecule has 0 rings (SSSR count). The van der Waals surface area contributed by atoms with E-state index in [9.17, 15) is 14.4 Å². The Morgan fingerprint density at radius 3 is 2.24 bits per heavy atom. The first-order valence-electron chi connectivity index (χ1n) is 5.49. The molecule has 0 saturated heterocycles. The third-order valence-corrected chi connectivity index (χ3v) is 2.36. The molecule has 2 N–H and O–H groups in total. The maximum absolute atomic E-state index is 11.8. The molecule has 1 amide bonds. The summed E-state index contributed by atoms with van der Waals surface area (Å²) in [5.74, 6) is -1.37. The van der Waals surface area contributed by atoms with Crippen molar-refractivity contribution in [2.45, 2.75) is 45.1 Å². The van der Waals surface area contributed by atoms with E-state index in [2.05, 4.69) is 11.9 Å². The van der Waals surface area contributed by atoms with Crippen molar-refractivity contribution >= 4 is 17.7 Å². The van der Waals surface area contributed by atoms with Gasteiger partial charge in [0, 0.05) is 12.8 Å². The highest BCUT2D eigenvalue weighted by Gasteiger charge is 2.27. The van der Waals surface area contributed by atoms with E-state index in [4.69, 9.17) is 5.11 Å². The molecule has 17 heavy (non-hydrogen) atoms. The molecule has 0 fully saturated rings. The van der Waals surface area contributed by atoms with Gasteiger partial charge in [-0.2, -0.15) is 0 Å². The van der Waals surface area contributed by atoms with E-state index in [1.54, 1.807) is 13.8 Å². The van der Waals surface area contributed by atoms with Crippen LogP contribution in [0.5, 0.6) is 0 Å². The summed E-state index contributed by atoms with van der Waals surface area (Å²) in [5.41, 5.74) is -0.936. The lowest BCUT2D eigenvalue weighted by Crippen LogP contribution is -2.49. The minimum atomic E-state index is -0.936. The van der Waals surface area contributed by atoms with E-state index in [-0.39, 0.29) is 18.6 Å². The third kappa shape index (κ3) is 6.50. The van der Waals surface area contributed by atoms with E-state index >= 15 is 0 Å². The molecule has 5 heteroatoms. The smallest absolute Gasteiger partial charge is 0.303 e. The number of rotatable bonds is 8. The highest BCUT2D eigenvalue weighted by Crippen LogP contribution is 2.11. The minimum absolute atomic E-state index is 0.0622. The molecule has 0 unspecified atom stereocenters. The first kappa shape index (κ1) is 15.3. The molecule has 96 valence electrons. The molecular formula is C12H19NO4. The van der Waals surface area contributed by atoms with Crippen LogP contribution in [0.4, 0.5) is 0 Å². The monoisotopic (exact) mass is 241 g/mol. The van der Waals surface area contributed by atoms with Gasteiger partial charge in [-0.1, -0.05) is 6.58 Å². The summed E-state index contributed by atoms with van der Waals surface area (Å²) < 4.78 is 0. The van der Waals surface area contributed by atoms with Crippen molar-refractivity contribution in [1.29, 1.82) is 0 Å². The Morgan fingerprint density at radius 1 is 1.24 bits per heavy atom. The normalized spacial score (nSPS) is 10.7. The van der Waals surface area contributed by atoms with Crippen LogP contribution in [0.25, 0.3) is 0 Å². The number of aliphatic carboxylic acids is 1. The van der Waals surface area contributed by atoms with Gasteiger partial charge in [-0.05, 0) is 32.8 Å². The van der Waals surface area contributed by atoms with E-state index in [1.807, 2.05) is 0 Å². The number of amides is 1. The maximum atomic E-state index is 11.8. The predicted octanol–water partition coefficient (Wildman–Crippen LogP) is 1.28. The zero-order chi connectivity index (χ0) is 13.5. The number of carbonyl (C=O) groups excluding carboxylic acids is 2. The fourth-order valence-electron chi connectivity index (χ4n) is 1.30. The molecule has 0 bridgehead atoms. The average Bonchev–Trinajstić information content (AvgIpc) is 2.22. The number of unbranched alkanes of at least 4 members (excludes halogenated alkanes) is 1. The van der Waals surface area contributed by atoms with Crippen molar-refractivity contribution in [3.8, 4) is 0 Å². The minimum Gasteiger partial charge on any atom is -0.481 e. The van der Waals surface area contributed by atoms with Gasteiger partial charge in [0.15, 0.2) is 5.78 Å². The molecule has 0 radical (unpaired) electrons. The Balaban J connectivity index is 4.07. The molecule has 0 aromatic rings. The molecule has 0 aromatic carbocycles. The summed E-state index contributed by atoms with van der Waals surface area (Å²) in [4.78, 5) is 33.1. The van der Waals surface area contributed by atoms with Crippen molar-refractivity contribution < 1.29 is 19.5 Å². The average molecular weight is 241 g/mol. The van der Waals surface area contributed by atoms with Gasteiger partial charge in [-0.25, -0.2) is 0 Å². The standard InChI is InChI=1S/C12H19NO4/c1-4-10(15)13-12(2,3)9(14)7-5-6-8-11(16)17/h4H,1,5-8H2,2-3H3,(H,13,15)(H,16,17). The van der Waals surface area contributed by atoms with Crippen molar-refractivity contribution in [3.05, 3.63) is 12.7 Å². The molecule has 0 aromatic heterocycles. The highest BCUT2D eigenvalue weighted by molar-refractivity contribution is 5.95. The Labute approximate surface area is 101 Å². The zero-order valence-corrected chi connectivity index (χ0v) is 10.3. The highest BCUT2D eigenvalue weighted by atomic mass is 16.4. The van der Waals surface area contributed by atoms with Crippen LogP contribution in [0.2, 0.25) is 0 Å². The summed E-state index contributed by atoms with van der Waals surface area (Å²) in [6.45, 7) is 6.55. The lowest BCUT2D eigenvalue weighted by molar-refractivity contribution is -0.137. The van der Waals surface area contributed by atoms with Gasteiger partial charge in [0.1, 0.15) is 0 Å². The number of carbonyl (C=O) groups is 3. The van der Waals surface area contributed by atoms with Crippen molar-refractivity contribution in [3.63, 3.8) is 0 Å². The summed E-state index contributed by atoms with van der Waals surface area (Å²) in [5, 5.41) is 11.0. The lowest BCUT2D eigenvalue weighted by Gasteiger charge is -2.23. The molecule has 0 atom stereocenters. The number of carboxylic acids is 1. The summed E-state index contributed by atoms with van der Waals surface area (Å²) in [6.07, 6.45) is 2.41. The van der Waals surface area contributed by atoms with Crippen LogP contribution in [-0.4, -0.2) is 28.3 Å². The van der Waals surface area contributed by atoms with Crippen LogP contribution < -0.4 is 5.32 Å². The van der Waals surface area contributed by atoms with Gasteiger partial charge in [-0.3, -0.25) is 14.4 Å². The maximum Gasteiger partial charge on any atom is 0.303 e. The van der Waals surface area contributed by atoms with Gasteiger partial charge in [0.25, 0.3) is 0 Å². The van der Waals surface area contributed by atoms with E-state index < -0.39 is 17.4 Å². The molecule has 0 aliphatic heterocycles. The SMILES string of the molecule is C=CC(=O)NC(C)(C)C(=O)CCCCC(=O)O. The fourth-order valence-corrected chi connectivity index (χ4v) is 1.30. The molecule has 0 saturated carbocycles. The van der Waals surface area contributed by atoms with E-state index in [0.29, 0.717) is 12.8 Å². The predicted molar refractivity (Wildman–Crippen MR) is 63.5 cm³/mol. The quantitative estimate of drug-likeness (QED) is 0.495. The molecule has 0 heterocycles. The van der Waals surface area contributed by atoms with Gasteiger partial charge >= 0.3 is 5.97 Å². The molecule has 0 spiro atoms. The van der Waals surface area contributed by atoms with Gasteiger partial charge in [0.05, 0.1) is 5.54 Å². The van der Waals surface area contributed by atoms with Crippen LogP contribution >= 0.6 is 0 Å². The van der Waals surface area contributed by atoms with E-state index in [0.717, 1.165) is 6.08 Å². The summed E-state index contributed by atoms with van der Waals surface area (Å²) in [7, 11) is 0. The number of hydrogen-bond acceptors (Lipinski definition) is 3. The van der Waals surface area contributed by atoms with E-state index in [1.165, 1.54) is 0 Å². The van der Waals surface area contributed by atoms with Crippen molar-refractivity contribution in [1.82, 2.24) is 5.32 Å². The van der Waals surface area contributed by atoms with Crippen LogP contribution in [-0.2, 0) is 14.4 Å². The number of ketones is 1. The second-order valence-electron chi connectivity index (χ2n) is 4.34. The largest absolute Gasteiger partial charge is 0.481 e. The van der Waals surface area contributed by atoms with Crippen molar-refractivity contribution in [2.75, 3.05) is 0 Å². The topological polar surface area (TPSA) is 83.5 Å². The second kappa shape index (κ2) is 6.83. The number of Topliss-reactive ketones (excluding diaryl/α,β-unsaturated/α-hetero) is 1. The first-order chi connectivity index (χ1) is 7.79. The Hall–Kier alpha value is -1.65. The molecular weight excluding hydrogens is 222 g/mol. The number of carboxylic acid groups (broad SMARTS) is 1. The third-order valence-electron chi connectivity index (χ3n) is 2.36. The van der Waals surface area contributed by atoms with Gasteiger partial charge in [0.2, 0.25) is 5.91 Å². The summed E-state index contributed by atoms with van der Waals surface area (Å²) >= 11 is 0. The molecule has 5 nitrogen and oxygen atoms in total. The fraction of sp³-hybridized carbons (Fsp3) is 0.583.